The molecule has 0 unspecified atom stereocenters. The molecular formula is C12H15FN2O3. The molecule has 0 radical (unpaired) electrons. The smallest absolute Gasteiger partial charge is 0.307 e. The number of carbonyl (C=O) groups is 2. The molecule has 18 heavy (non-hydrogen) atoms. The van der Waals surface area contributed by atoms with Crippen molar-refractivity contribution in [3.63, 3.8) is 0 Å². The molecule has 98 valence electrons. The molecule has 0 N–H and O–H groups in total. The van der Waals surface area contributed by atoms with Gasteiger partial charge in [-0.2, -0.15) is 0 Å². The van der Waals surface area contributed by atoms with E-state index in [0.717, 1.165) is 6.20 Å². The Labute approximate surface area is 105 Å². The van der Waals surface area contributed by atoms with E-state index in [1.54, 1.807) is 6.92 Å². The number of nitrogens with zero attached hydrogens (tertiary/aromatic N) is 2. The molecule has 0 aliphatic rings. The largest absolute Gasteiger partial charge is 0.469 e. The summed E-state index contributed by atoms with van der Waals surface area (Å²) in [6, 6.07) is 1.32. The number of halogens is 1. The van der Waals surface area contributed by atoms with Crippen molar-refractivity contribution in [1.29, 1.82) is 0 Å². The zero-order chi connectivity index (χ0) is 13.5. The summed E-state index contributed by atoms with van der Waals surface area (Å²) in [7, 11) is 1.28. The van der Waals surface area contributed by atoms with Crippen LogP contribution >= 0.6 is 0 Å². The molecular weight excluding hydrogens is 239 g/mol. The molecule has 0 aliphatic carbocycles. The Bertz CT molecular complexity index is 437. The van der Waals surface area contributed by atoms with Crippen LogP contribution in [0.1, 0.15) is 23.7 Å². The minimum atomic E-state index is -0.668. The molecule has 5 nitrogen and oxygen atoms in total. The summed E-state index contributed by atoms with van der Waals surface area (Å²) in [5, 5.41) is 0. The van der Waals surface area contributed by atoms with Crippen molar-refractivity contribution in [2.75, 3.05) is 20.2 Å². The maximum absolute atomic E-state index is 13.4. The Morgan fingerprint density at radius 1 is 1.50 bits per heavy atom. The first-order valence-corrected chi connectivity index (χ1v) is 5.55. The third-order valence-corrected chi connectivity index (χ3v) is 2.49. The first-order chi connectivity index (χ1) is 8.60. The van der Waals surface area contributed by atoms with Crippen LogP contribution in [0.2, 0.25) is 0 Å². The van der Waals surface area contributed by atoms with E-state index in [0.29, 0.717) is 6.54 Å². The topological polar surface area (TPSA) is 59.5 Å². The lowest BCUT2D eigenvalue weighted by molar-refractivity contribution is -0.140. The summed E-state index contributed by atoms with van der Waals surface area (Å²) < 4.78 is 17.9. The van der Waals surface area contributed by atoms with Crippen LogP contribution in [0.15, 0.2) is 18.5 Å². The Hall–Kier alpha value is -1.98. The summed E-state index contributed by atoms with van der Waals surface area (Å²) in [6.07, 6.45) is 2.43. The number of esters is 1. The molecule has 1 aromatic rings. The van der Waals surface area contributed by atoms with Crippen LogP contribution in [-0.4, -0.2) is 42.0 Å². The number of aromatic nitrogens is 1. The van der Waals surface area contributed by atoms with Crippen LogP contribution in [0.5, 0.6) is 0 Å². The van der Waals surface area contributed by atoms with E-state index in [4.69, 9.17) is 0 Å². The van der Waals surface area contributed by atoms with Gasteiger partial charge in [-0.25, -0.2) is 4.39 Å². The van der Waals surface area contributed by atoms with Gasteiger partial charge in [-0.15, -0.1) is 0 Å². The number of hydrogen-bond donors (Lipinski definition) is 0. The normalized spacial score (nSPS) is 9.94. The van der Waals surface area contributed by atoms with E-state index in [1.807, 2.05) is 0 Å². The number of carbonyl (C=O) groups excluding carboxylic acids is 2. The molecule has 0 fully saturated rings. The van der Waals surface area contributed by atoms with Crippen LogP contribution < -0.4 is 0 Å². The van der Waals surface area contributed by atoms with Gasteiger partial charge in [0.1, 0.15) is 0 Å². The molecule has 1 rings (SSSR count). The van der Waals surface area contributed by atoms with Crippen molar-refractivity contribution >= 4 is 11.9 Å². The number of rotatable bonds is 5. The van der Waals surface area contributed by atoms with Crippen molar-refractivity contribution in [3.8, 4) is 0 Å². The fourth-order valence-electron chi connectivity index (χ4n) is 1.45. The zero-order valence-electron chi connectivity index (χ0n) is 10.4. The van der Waals surface area contributed by atoms with Gasteiger partial charge in [-0.3, -0.25) is 14.6 Å². The maximum atomic E-state index is 13.4. The van der Waals surface area contributed by atoms with E-state index in [2.05, 4.69) is 9.72 Å². The summed E-state index contributed by atoms with van der Waals surface area (Å²) in [4.78, 5) is 28.0. The molecule has 0 saturated heterocycles. The SMILES string of the molecule is CCN(CCC(=O)OC)C(=O)c1ccncc1F. The van der Waals surface area contributed by atoms with Gasteiger partial charge in [0, 0.05) is 19.3 Å². The van der Waals surface area contributed by atoms with Crippen molar-refractivity contribution < 1.29 is 18.7 Å². The van der Waals surface area contributed by atoms with Gasteiger partial charge in [0.05, 0.1) is 25.3 Å². The third kappa shape index (κ3) is 3.51. The number of hydrogen-bond acceptors (Lipinski definition) is 4. The van der Waals surface area contributed by atoms with E-state index >= 15 is 0 Å². The second kappa shape index (κ2) is 6.68. The third-order valence-electron chi connectivity index (χ3n) is 2.49. The molecule has 0 saturated carbocycles. The zero-order valence-corrected chi connectivity index (χ0v) is 10.4. The standard InChI is InChI=1S/C12H15FN2O3/c1-3-15(7-5-11(16)18-2)12(17)9-4-6-14-8-10(9)13/h4,6,8H,3,5,7H2,1-2H3. The highest BCUT2D eigenvalue weighted by atomic mass is 19.1. The average molecular weight is 254 g/mol. The van der Waals surface area contributed by atoms with Crippen LogP contribution in [0, 0.1) is 5.82 Å². The summed E-state index contributed by atoms with van der Waals surface area (Å²) in [5.74, 6) is -1.53. The van der Waals surface area contributed by atoms with Gasteiger partial charge >= 0.3 is 5.97 Å². The monoisotopic (exact) mass is 254 g/mol. The van der Waals surface area contributed by atoms with Gasteiger partial charge < -0.3 is 9.64 Å². The van der Waals surface area contributed by atoms with Gasteiger partial charge in [-0.1, -0.05) is 0 Å². The van der Waals surface area contributed by atoms with E-state index in [9.17, 15) is 14.0 Å². The van der Waals surface area contributed by atoms with E-state index in [1.165, 1.54) is 24.3 Å². The lowest BCUT2D eigenvalue weighted by atomic mass is 10.2. The highest BCUT2D eigenvalue weighted by Gasteiger charge is 2.18. The molecule has 0 bridgehead atoms. The Morgan fingerprint density at radius 2 is 2.22 bits per heavy atom. The second-order valence-corrected chi connectivity index (χ2v) is 3.57. The van der Waals surface area contributed by atoms with Gasteiger partial charge in [0.25, 0.3) is 5.91 Å². The average Bonchev–Trinajstić information content (AvgIpc) is 2.39. The number of methoxy groups -OCH3 is 1. The van der Waals surface area contributed by atoms with Gasteiger partial charge in [0.15, 0.2) is 5.82 Å². The molecule has 0 aliphatic heterocycles. The molecule has 1 heterocycles. The Kier molecular flexibility index (Phi) is 5.23. The molecule has 1 aromatic heterocycles. The van der Waals surface area contributed by atoms with Crippen molar-refractivity contribution in [3.05, 3.63) is 29.8 Å². The Balaban J connectivity index is 2.74. The van der Waals surface area contributed by atoms with Crippen LogP contribution in [-0.2, 0) is 9.53 Å². The lowest BCUT2D eigenvalue weighted by Gasteiger charge is -2.20. The van der Waals surface area contributed by atoms with E-state index < -0.39 is 17.7 Å². The van der Waals surface area contributed by atoms with Crippen LogP contribution in [0.4, 0.5) is 4.39 Å². The second-order valence-electron chi connectivity index (χ2n) is 3.57. The first kappa shape index (κ1) is 14.1. The number of amides is 1. The summed E-state index contributed by atoms with van der Waals surface area (Å²) >= 11 is 0. The predicted molar refractivity (Wildman–Crippen MR) is 62.4 cm³/mol. The van der Waals surface area contributed by atoms with E-state index in [-0.39, 0.29) is 18.5 Å². The fourth-order valence-corrected chi connectivity index (χ4v) is 1.45. The van der Waals surface area contributed by atoms with Crippen molar-refractivity contribution in [2.24, 2.45) is 0 Å². The Morgan fingerprint density at radius 3 is 2.78 bits per heavy atom. The summed E-state index contributed by atoms with van der Waals surface area (Å²) in [5.41, 5.74) is -0.0447. The maximum Gasteiger partial charge on any atom is 0.307 e. The molecule has 0 aromatic carbocycles. The minimum absolute atomic E-state index is 0.0447. The molecule has 0 spiro atoms. The lowest BCUT2D eigenvalue weighted by Crippen LogP contribution is -2.33. The summed E-state index contributed by atoms with van der Waals surface area (Å²) in [6.45, 7) is 2.34. The van der Waals surface area contributed by atoms with Crippen molar-refractivity contribution in [1.82, 2.24) is 9.88 Å². The minimum Gasteiger partial charge on any atom is -0.469 e. The highest BCUT2D eigenvalue weighted by molar-refractivity contribution is 5.94. The highest BCUT2D eigenvalue weighted by Crippen LogP contribution is 2.09. The number of ether oxygens (including phenoxy) is 1. The predicted octanol–water partition coefficient (Wildman–Crippen LogP) is 1.25. The molecule has 0 atom stereocenters. The molecule has 6 heteroatoms. The first-order valence-electron chi connectivity index (χ1n) is 5.55. The van der Waals surface area contributed by atoms with Crippen LogP contribution in [0.3, 0.4) is 0 Å². The fraction of sp³-hybridized carbons (Fsp3) is 0.417. The van der Waals surface area contributed by atoms with Gasteiger partial charge in [0.2, 0.25) is 0 Å². The van der Waals surface area contributed by atoms with Crippen LogP contribution in [0.25, 0.3) is 0 Å². The van der Waals surface area contributed by atoms with Gasteiger partial charge in [-0.05, 0) is 13.0 Å². The molecule has 1 amide bonds. The quantitative estimate of drug-likeness (QED) is 0.742. The number of pyridine rings is 1. The van der Waals surface area contributed by atoms with Crippen molar-refractivity contribution in [2.45, 2.75) is 13.3 Å².